The van der Waals surface area contributed by atoms with Crippen LogP contribution in [0, 0.1) is 0 Å². The quantitative estimate of drug-likeness (QED) is 0.347. The lowest BCUT2D eigenvalue weighted by Crippen LogP contribution is -2.22. The standard InChI is InChI=1S/C26H23N3O3S/c1-31-22-8-10-23(11-9-22)32-26-28-16-21(17-29-26)19-4-3-5-20(14-19)25(30)27-15-18-6-12-24(33-2)13-7-18/h3-14,16-17H,15H2,1-2H3,(H,27,30). The maximum absolute atomic E-state index is 12.7. The van der Waals surface area contributed by atoms with Gasteiger partial charge in [-0.25, -0.2) is 9.97 Å². The van der Waals surface area contributed by atoms with E-state index in [1.165, 1.54) is 4.90 Å². The van der Waals surface area contributed by atoms with Gasteiger partial charge in [0.1, 0.15) is 11.5 Å². The van der Waals surface area contributed by atoms with Crippen LogP contribution in [-0.4, -0.2) is 29.2 Å². The molecule has 7 heteroatoms. The molecule has 1 amide bonds. The summed E-state index contributed by atoms with van der Waals surface area (Å²) in [5.41, 5.74) is 3.27. The first kappa shape index (κ1) is 22.4. The lowest BCUT2D eigenvalue weighted by molar-refractivity contribution is 0.0951. The summed E-state index contributed by atoms with van der Waals surface area (Å²) in [5.74, 6) is 1.23. The summed E-state index contributed by atoms with van der Waals surface area (Å²) < 4.78 is 10.8. The maximum Gasteiger partial charge on any atom is 0.321 e. The highest BCUT2D eigenvalue weighted by Gasteiger charge is 2.09. The van der Waals surface area contributed by atoms with Crippen LogP contribution in [0.15, 0.2) is 90.1 Å². The minimum Gasteiger partial charge on any atom is -0.497 e. The Hall–Kier alpha value is -3.84. The minimum absolute atomic E-state index is 0.133. The molecule has 166 valence electrons. The molecule has 0 radical (unpaired) electrons. The second kappa shape index (κ2) is 10.7. The SMILES string of the molecule is COc1ccc(Oc2ncc(-c3cccc(C(=O)NCc4ccc(SC)cc4)c3)cn2)cc1. The van der Waals surface area contributed by atoms with Gasteiger partial charge in [-0.05, 0) is 65.9 Å². The smallest absolute Gasteiger partial charge is 0.321 e. The summed E-state index contributed by atoms with van der Waals surface area (Å²) in [5, 5.41) is 2.97. The Morgan fingerprint density at radius 3 is 2.27 bits per heavy atom. The van der Waals surface area contributed by atoms with Gasteiger partial charge in [-0.15, -0.1) is 11.8 Å². The number of rotatable bonds is 8. The molecule has 0 atom stereocenters. The van der Waals surface area contributed by atoms with E-state index >= 15 is 0 Å². The van der Waals surface area contributed by atoms with Crippen molar-refractivity contribution in [3.63, 3.8) is 0 Å². The Kier molecular flexibility index (Phi) is 7.22. The number of carbonyl (C=O) groups excluding carboxylic acids is 1. The number of benzene rings is 3. The lowest BCUT2D eigenvalue weighted by atomic mass is 10.1. The Bertz CT molecular complexity index is 1210. The highest BCUT2D eigenvalue weighted by atomic mass is 32.2. The molecule has 1 N–H and O–H groups in total. The summed E-state index contributed by atoms with van der Waals surface area (Å²) in [4.78, 5) is 22.4. The largest absolute Gasteiger partial charge is 0.497 e. The minimum atomic E-state index is -0.133. The molecule has 1 heterocycles. The Morgan fingerprint density at radius 2 is 1.61 bits per heavy atom. The van der Waals surface area contributed by atoms with Crippen LogP contribution in [0.5, 0.6) is 17.5 Å². The monoisotopic (exact) mass is 457 g/mol. The molecule has 0 spiro atoms. The number of aromatic nitrogens is 2. The van der Waals surface area contributed by atoms with E-state index in [1.54, 1.807) is 61.6 Å². The van der Waals surface area contributed by atoms with Crippen molar-refractivity contribution in [2.24, 2.45) is 0 Å². The van der Waals surface area contributed by atoms with Crippen molar-refractivity contribution in [2.75, 3.05) is 13.4 Å². The Labute approximate surface area is 197 Å². The molecule has 1 aromatic heterocycles. The number of nitrogens with one attached hydrogen (secondary N) is 1. The lowest BCUT2D eigenvalue weighted by Gasteiger charge is -2.08. The van der Waals surface area contributed by atoms with Crippen LogP contribution >= 0.6 is 11.8 Å². The molecule has 0 bridgehead atoms. The van der Waals surface area contributed by atoms with Gasteiger partial charge in [-0.2, -0.15) is 0 Å². The molecule has 33 heavy (non-hydrogen) atoms. The number of nitrogens with zero attached hydrogens (tertiary/aromatic N) is 2. The van der Waals surface area contributed by atoms with Crippen molar-refractivity contribution in [3.8, 4) is 28.6 Å². The second-order valence-corrected chi connectivity index (χ2v) is 8.02. The van der Waals surface area contributed by atoms with Gasteiger partial charge in [0.05, 0.1) is 7.11 Å². The average Bonchev–Trinajstić information content (AvgIpc) is 2.88. The fraction of sp³-hybridized carbons (Fsp3) is 0.115. The summed E-state index contributed by atoms with van der Waals surface area (Å²) in [6.07, 6.45) is 5.39. The van der Waals surface area contributed by atoms with Crippen LogP contribution in [0.2, 0.25) is 0 Å². The third-order valence-corrected chi connectivity index (χ3v) is 5.71. The number of methoxy groups -OCH3 is 1. The van der Waals surface area contributed by atoms with Gasteiger partial charge in [0, 0.05) is 35.0 Å². The van der Waals surface area contributed by atoms with E-state index in [9.17, 15) is 4.79 Å². The van der Waals surface area contributed by atoms with Gasteiger partial charge in [0.25, 0.3) is 5.91 Å². The van der Waals surface area contributed by atoms with Gasteiger partial charge < -0.3 is 14.8 Å². The van der Waals surface area contributed by atoms with E-state index in [4.69, 9.17) is 9.47 Å². The van der Waals surface area contributed by atoms with E-state index in [0.29, 0.717) is 17.9 Å². The fourth-order valence-electron chi connectivity index (χ4n) is 3.13. The third-order valence-electron chi connectivity index (χ3n) is 4.97. The third kappa shape index (κ3) is 5.90. The van der Waals surface area contributed by atoms with Crippen molar-refractivity contribution in [1.82, 2.24) is 15.3 Å². The summed E-state index contributed by atoms with van der Waals surface area (Å²) in [7, 11) is 1.61. The predicted octanol–water partition coefficient (Wildman–Crippen LogP) is 5.60. The van der Waals surface area contributed by atoms with Gasteiger partial charge in [0.15, 0.2) is 0 Å². The van der Waals surface area contributed by atoms with E-state index in [2.05, 4.69) is 27.4 Å². The first-order valence-electron chi connectivity index (χ1n) is 10.3. The van der Waals surface area contributed by atoms with Crippen LogP contribution in [0.4, 0.5) is 0 Å². The van der Waals surface area contributed by atoms with Gasteiger partial charge >= 0.3 is 6.01 Å². The van der Waals surface area contributed by atoms with Crippen molar-refractivity contribution < 1.29 is 14.3 Å². The molecule has 6 nitrogen and oxygen atoms in total. The normalized spacial score (nSPS) is 10.5. The van der Waals surface area contributed by atoms with Crippen LogP contribution in [0.3, 0.4) is 0 Å². The number of hydrogen-bond acceptors (Lipinski definition) is 6. The van der Waals surface area contributed by atoms with Gasteiger partial charge in [0.2, 0.25) is 0 Å². The van der Waals surface area contributed by atoms with Crippen molar-refractivity contribution in [2.45, 2.75) is 11.4 Å². The maximum atomic E-state index is 12.7. The fourth-order valence-corrected chi connectivity index (χ4v) is 3.54. The molecule has 3 aromatic carbocycles. The molecule has 4 rings (SSSR count). The molecule has 4 aromatic rings. The molecule has 0 unspecified atom stereocenters. The second-order valence-electron chi connectivity index (χ2n) is 7.14. The summed E-state index contributed by atoms with van der Waals surface area (Å²) >= 11 is 1.69. The molecular weight excluding hydrogens is 434 g/mol. The highest BCUT2D eigenvalue weighted by molar-refractivity contribution is 7.98. The highest BCUT2D eigenvalue weighted by Crippen LogP contribution is 2.24. The zero-order valence-corrected chi connectivity index (χ0v) is 19.1. The molecular formula is C26H23N3O3S. The number of amides is 1. The van der Waals surface area contributed by atoms with Crippen LogP contribution < -0.4 is 14.8 Å². The number of carbonyl (C=O) groups is 1. The average molecular weight is 458 g/mol. The molecule has 0 saturated carbocycles. The molecule has 0 fully saturated rings. The first-order chi connectivity index (χ1) is 16.1. The summed E-state index contributed by atoms with van der Waals surface area (Å²) in [6.45, 7) is 0.470. The van der Waals surface area contributed by atoms with E-state index in [-0.39, 0.29) is 11.9 Å². The predicted molar refractivity (Wildman–Crippen MR) is 130 cm³/mol. The zero-order chi connectivity index (χ0) is 23.0. The zero-order valence-electron chi connectivity index (χ0n) is 18.3. The van der Waals surface area contributed by atoms with E-state index < -0.39 is 0 Å². The number of thioether (sulfide) groups is 1. The van der Waals surface area contributed by atoms with Crippen molar-refractivity contribution >= 4 is 17.7 Å². The van der Waals surface area contributed by atoms with E-state index in [1.807, 2.05) is 36.6 Å². The van der Waals surface area contributed by atoms with E-state index in [0.717, 1.165) is 22.4 Å². The van der Waals surface area contributed by atoms with Gasteiger partial charge in [-0.1, -0.05) is 24.3 Å². The number of hydrogen-bond donors (Lipinski definition) is 1. The van der Waals surface area contributed by atoms with Crippen molar-refractivity contribution in [1.29, 1.82) is 0 Å². The molecule has 0 aliphatic heterocycles. The van der Waals surface area contributed by atoms with Crippen LogP contribution in [-0.2, 0) is 6.54 Å². The van der Waals surface area contributed by atoms with Gasteiger partial charge in [-0.3, -0.25) is 4.79 Å². The molecule has 0 aliphatic carbocycles. The topological polar surface area (TPSA) is 73.3 Å². The molecule has 0 aliphatic rings. The first-order valence-corrected chi connectivity index (χ1v) is 11.5. The molecule has 0 saturated heterocycles. The van der Waals surface area contributed by atoms with Crippen molar-refractivity contribution in [3.05, 3.63) is 96.3 Å². The van der Waals surface area contributed by atoms with Crippen LogP contribution in [0.1, 0.15) is 15.9 Å². The van der Waals surface area contributed by atoms with Crippen LogP contribution in [0.25, 0.3) is 11.1 Å². The summed E-state index contributed by atoms with van der Waals surface area (Å²) in [6, 6.07) is 23.0. The number of ether oxygens (including phenoxy) is 2. The Balaban J connectivity index is 1.40. The Morgan fingerprint density at radius 1 is 0.909 bits per heavy atom.